The van der Waals surface area contributed by atoms with E-state index in [1.54, 1.807) is 24.6 Å². The van der Waals surface area contributed by atoms with E-state index in [0.717, 1.165) is 5.01 Å². The van der Waals surface area contributed by atoms with Gasteiger partial charge < -0.3 is 15.8 Å². The fraction of sp³-hybridized carbons (Fsp3) is 0.500. The molecule has 0 aromatic carbocycles. The monoisotopic (exact) mass is 382 g/mol. The van der Waals surface area contributed by atoms with Gasteiger partial charge in [0.15, 0.2) is 5.69 Å². The zero-order valence-corrected chi connectivity index (χ0v) is 16.2. The standard InChI is InChI=1S/C16H22N4O3S2/c1-5-23-16(22)11-7-24-14(20-11)9(4)18-13(21)10-6-25-15(19-10)12(17)8(2)3/h6-9,12H,5,17H2,1-4H3,(H,18,21)/t9-,12-/m1/s1. The molecule has 0 fully saturated rings. The van der Waals surface area contributed by atoms with Crippen molar-refractivity contribution in [3.8, 4) is 0 Å². The molecule has 2 atom stereocenters. The maximum absolute atomic E-state index is 12.4. The number of esters is 1. The molecule has 0 bridgehead atoms. The number of nitrogens with one attached hydrogen (secondary N) is 1. The molecule has 2 rings (SSSR count). The van der Waals surface area contributed by atoms with Crippen molar-refractivity contribution >= 4 is 34.6 Å². The first kappa shape index (κ1) is 19.5. The Balaban J connectivity index is 2.02. The number of hydrogen-bond acceptors (Lipinski definition) is 8. The van der Waals surface area contributed by atoms with Crippen molar-refractivity contribution in [3.05, 3.63) is 32.2 Å². The normalized spacial score (nSPS) is 13.5. The molecular weight excluding hydrogens is 360 g/mol. The number of hydrogen-bond donors (Lipinski definition) is 2. The maximum atomic E-state index is 12.4. The molecule has 0 spiro atoms. The van der Waals surface area contributed by atoms with Crippen molar-refractivity contribution in [2.45, 2.75) is 39.8 Å². The average Bonchev–Trinajstić information content (AvgIpc) is 3.23. The summed E-state index contributed by atoms with van der Waals surface area (Å²) >= 11 is 2.68. The van der Waals surface area contributed by atoms with Gasteiger partial charge in [0.1, 0.15) is 15.7 Å². The summed E-state index contributed by atoms with van der Waals surface area (Å²) in [6, 6.07) is -0.528. The number of amides is 1. The van der Waals surface area contributed by atoms with E-state index < -0.39 is 5.97 Å². The molecule has 2 aromatic rings. The van der Waals surface area contributed by atoms with Crippen molar-refractivity contribution in [2.75, 3.05) is 6.61 Å². The maximum Gasteiger partial charge on any atom is 0.357 e. The number of carbonyl (C=O) groups is 2. The number of ether oxygens (including phenoxy) is 1. The summed E-state index contributed by atoms with van der Waals surface area (Å²) in [5.74, 6) is -0.508. The molecule has 0 aliphatic carbocycles. The van der Waals surface area contributed by atoms with Crippen LogP contribution in [-0.2, 0) is 4.74 Å². The highest BCUT2D eigenvalue weighted by molar-refractivity contribution is 7.10. The number of nitrogens with two attached hydrogens (primary N) is 1. The van der Waals surface area contributed by atoms with Gasteiger partial charge in [0, 0.05) is 10.8 Å². The molecular formula is C16H22N4O3S2. The van der Waals surface area contributed by atoms with Crippen LogP contribution in [0.1, 0.15) is 70.8 Å². The zero-order chi connectivity index (χ0) is 18.6. The third-order valence-electron chi connectivity index (χ3n) is 3.48. The van der Waals surface area contributed by atoms with Crippen molar-refractivity contribution in [1.82, 2.24) is 15.3 Å². The molecule has 0 saturated carbocycles. The van der Waals surface area contributed by atoms with E-state index >= 15 is 0 Å². The minimum Gasteiger partial charge on any atom is -0.461 e. The highest BCUT2D eigenvalue weighted by atomic mass is 32.1. The molecule has 0 unspecified atom stereocenters. The quantitative estimate of drug-likeness (QED) is 0.713. The minimum atomic E-state index is -0.463. The second-order valence-electron chi connectivity index (χ2n) is 5.83. The van der Waals surface area contributed by atoms with Gasteiger partial charge in [0.25, 0.3) is 5.91 Å². The van der Waals surface area contributed by atoms with E-state index in [4.69, 9.17) is 10.5 Å². The van der Waals surface area contributed by atoms with Crippen LogP contribution in [0.5, 0.6) is 0 Å². The first-order valence-corrected chi connectivity index (χ1v) is 9.73. The molecule has 7 nitrogen and oxygen atoms in total. The molecule has 1 amide bonds. The van der Waals surface area contributed by atoms with Crippen molar-refractivity contribution < 1.29 is 14.3 Å². The molecule has 25 heavy (non-hydrogen) atoms. The van der Waals surface area contributed by atoms with E-state index in [1.807, 2.05) is 13.8 Å². The average molecular weight is 383 g/mol. The minimum absolute atomic E-state index is 0.185. The van der Waals surface area contributed by atoms with E-state index in [-0.39, 0.29) is 29.6 Å². The number of aromatic nitrogens is 2. The topological polar surface area (TPSA) is 107 Å². The second-order valence-corrected chi connectivity index (χ2v) is 7.61. The summed E-state index contributed by atoms with van der Waals surface area (Å²) < 4.78 is 4.91. The Labute approximate surface area is 154 Å². The van der Waals surface area contributed by atoms with Gasteiger partial charge in [0.2, 0.25) is 0 Å². The number of thiazole rings is 2. The molecule has 0 aliphatic rings. The third kappa shape index (κ3) is 4.83. The van der Waals surface area contributed by atoms with Crippen molar-refractivity contribution in [1.29, 1.82) is 0 Å². The number of nitrogens with zero attached hydrogens (tertiary/aromatic N) is 2. The van der Waals surface area contributed by atoms with Crippen LogP contribution in [0.25, 0.3) is 0 Å². The van der Waals surface area contributed by atoms with Crippen LogP contribution >= 0.6 is 22.7 Å². The first-order valence-electron chi connectivity index (χ1n) is 7.97. The SMILES string of the molecule is CCOC(=O)c1csc([C@@H](C)NC(=O)c2csc([C@H](N)C(C)C)n2)n1. The summed E-state index contributed by atoms with van der Waals surface area (Å²) in [6.45, 7) is 7.86. The van der Waals surface area contributed by atoms with Gasteiger partial charge in [-0.05, 0) is 19.8 Å². The molecule has 0 saturated heterocycles. The van der Waals surface area contributed by atoms with Crippen LogP contribution in [-0.4, -0.2) is 28.5 Å². The Morgan fingerprint density at radius 1 is 1.16 bits per heavy atom. The summed E-state index contributed by atoms with van der Waals surface area (Å²) in [4.78, 5) is 32.6. The van der Waals surface area contributed by atoms with E-state index in [0.29, 0.717) is 17.3 Å². The lowest BCUT2D eigenvalue weighted by Gasteiger charge is -2.12. The van der Waals surface area contributed by atoms with Crippen LogP contribution in [0.3, 0.4) is 0 Å². The van der Waals surface area contributed by atoms with Crippen LogP contribution in [0.4, 0.5) is 0 Å². The molecule has 0 radical (unpaired) electrons. The van der Waals surface area contributed by atoms with Gasteiger partial charge in [-0.25, -0.2) is 14.8 Å². The largest absolute Gasteiger partial charge is 0.461 e. The Morgan fingerprint density at radius 2 is 1.76 bits per heavy atom. The van der Waals surface area contributed by atoms with Crippen LogP contribution in [0.2, 0.25) is 0 Å². The lowest BCUT2D eigenvalue weighted by molar-refractivity contribution is 0.0520. The first-order chi connectivity index (χ1) is 11.8. The second kappa shape index (κ2) is 8.50. The molecule has 2 aromatic heterocycles. The van der Waals surface area contributed by atoms with Gasteiger partial charge in [-0.3, -0.25) is 4.79 Å². The fourth-order valence-corrected chi connectivity index (χ4v) is 3.72. The molecule has 3 N–H and O–H groups in total. The number of rotatable bonds is 7. The summed E-state index contributed by atoms with van der Waals surface area (Å²) in [5.41, 5.74) is 6.65. The van der Waals surface area contributed by atoms with E-state index in [9.17, 15) is 9.59 Å². The third-order valence-corrected chi connectivity index (χ3v) is 5.46. The van der Waals surface area contributed by atoms with Gasteiger partial charge in [-0.2, -0.15) is 0 Å². The van der Waals surface area contributed by atoms with Gasteiger partial charge in [-0.15, -0.1) is 22.7 Å². The molecule has 0 aliphatic heterocycles. The van der Waals surface area contributed by atoms with Crippen LogP contribution < -0.4 is 11.1 Å². The lowest BCUT2D eigenvalue weighted by Crippen LogP contribution is -2.27. The summed E-state index contributed by atoms with van der Waals surface area (Å²) in [6.07, 6.45) is 0. The van der Waals surface area contributed by atoms with E-state index in [2.05, 4.69) is 15.3 Å². The van der Waals surface area contributed by atoms with E-state index in [1.165, 1.54) is 22.7 Å². The van der Waals surface area contributed by atoms with Gasteiger partial charge >= 0.3 is 5.97 Å². The fourth-order valence-electron chi connectivity index (χ4n) is 1.95. The predicted octanol–water partition coefficient (Wildman–Crippen LogP) is 2.92. The Kier molecular flexibility index (Phi) is 6.63. The summed E-state index contributed by atoms with van der Waals surface area (Å²) in [7, 11) is 0. The molecule has 136 valence electrons. The molecule has 9 heteroatoms. The van der Waals surface area contributed by atoms with Crippen molar-refractivity contribution in [2.24, 2.45) is 11.7 Å². The van der Waals surface area contributed by atoms with Crippen LogP contribution in [0.15, 0.2) is 10.8 Å². The Morgan fingerprint density at radius 3 is 2.40 bits per heavy atom. The number of carbonyl (C=O) groups excluding carboxylic acids is 2. The predicted molar refractivity (Wildman–Crippen MR) is 97.8 cm³/mol. The van der Waals surface area contributed by atoms with Gasteiger partial charge in [0.05, 0.1) is 18.7 Å². The Hall–Kier alpha value is -1.84. The Bertz CT molecular complexity index is 741. The van der Waals surface area contributed by atoms with Crippen LogP contribution in [0, 0.1) is 5.92 Å². The highest BCUT2D eigenvalue weighted by Gasteiger charge is 2.21. The lowest BCUT2D eigenvalue weighted by atomic mass is 10.1. The zero-order valence-electron chi connectivity index (χ0n) is 14.6. The highest BCUT2D eigenvalue weighted by Crippen LogP contribution is 2.23. The molecule has 2 heterocycles. The summed E-state index contributed by atoms with van der Waals surface area (Å²) in [5, 5.41) is 7.53. The van der Waals surface area contributed by atoms with Crippen molar-refractivity contribution in [3.63, 3.8) is 0 Å². The van der Waals surface area contributed by atoms with Gasteiger partial charge in [-0.1, -0.05) is 13.8 Å². The smallest absolute Gasteiger partial charge is 0.357 e.